The first-order valence-electron chi connectivity index (χ1n) is 9.96. The number of benzene rings is 4. The average molecular weight is 376 g/mol. The third-order valence-electron chi connectivity index (χ3n) is 5.00. The van der Waals surface area contributed by atoms with Gasteiger partial charge in [-0.05, 0) is 61.4 Å². The third-order valence-corrected chi connectivity index (χ3v) is 5.00. The van der Waals surface area contributed by atoms with Gasteiger partial charge in [0.05, 0.1) is 0 Å². The Morgan fingerprint density at radius 1 is 0.448 bits per heavy atom. The van der Waals surface area contributed by atoms with Gasteiger partial charge < -0.3 is 4.90 Å². The van der Waals surface area contributed by atoms with E-state index < -0.39 is 0 Å². The molecule has 0 fully saturated rings. The van der Waals surface area contributed by atoms with Crippen LogP contribution in [0.2, 0.25) is 0 Å². The number of hydrogen-bond acceptors (Lipinski definition) is 1. The van der Waals surface area contributed by atoms with Crippen molar-refractivity contribution in [1.82, 2.24) is 0 Å². The van der Waals surface area contributed by atoms with E-state index in [1.807, 2.05) is 0 Å². The van der Waals surface area contributed by atoms with E-state index >= 15 is 0 Å². The molecule has 0 aliphatic rings. The normalized spacial score (nSPS) is 11.0. The van der Waals surface area contributed by atoms with Crippen molar-refractivity contribution in [2.45, 2.75) is 13.8 Å². The van der Waals surface area contributed by atoms with Gasteiger partial charge in [-0.2, -0.15) is 0 Å². The number of nitrogens with zero attached hydrogens (tertiary/aromatic N) is 1. The Hall–Kier alpha value is -3.58. The zero-order valence-electron chi connectivity index (χ0n) is 16.9. The van der Waals surface area contributed by atoms with Crippen molar-refractivity contribution >= 4 is 29.2 Å². The van der Waals surface area contributed by atoms with Crippen LogP contribution in [0.3, 0.4) is 0 Å². The van der Waals surface area contributed by atoms with E-state index in [1.165, 1.54) is 22.3 Å². The van der Waals surface area contributed by atoms with Crippen molar-refractivity contribution in [3.63, 3.8) is 0 Å². The van der Waals surface area contributed by atoms with Gasteiger partial charge in [-0.15, -0.1) is 0 Å². The lowest BCUT2D eigenvalue weighted by atomic mass is 10.1. The molecule has 1 heteroatoms. The van der Waals surface area contributed by atoms with Crippen LogP contribution < -0.4 is 4.90 Å². The van der Waals surface area contributed by atoms with Gasteiger partial charge in [0.15, 0.2) is 0 Å². The van der Waals surface area contributed by atoms with E-state index in [0.29, 0.717) is 0 Å². The number of rotatable bonds is 5. The van der Waals surface area contributed by atoms with Gasteiger partial charge in [0.25, 0.3) is 0 Å². The number of aryl methyl sites for hydroxylation is 2. The van der Waals surface area contributed by atoms with E-state index in [2.05, 4.69) is 134 Å². The summed E-state index contributed by atoms with van der Waals surface area (Å²) in [4.78, 5) is 2.28. The summed E-state index contributed by atoms with van der Waals surface area (Å²) in [6.07, 6.45) is 4.32. The summed E-state index contributed by atoms with van der Waals surface area (Å²) in [5.74, 6) is 0. The first kappa shape index (κ1) is 18.8. The molecular weight excluding hydrogens is 350 g/mol. The third kappa shape index (κ3) is 4.64. The molecule has 0 saturated carbocycles. The minimum absolute atomic E-state index is 1.15. The monoisotopic (exact) mass is 375 g/mol. The standard InChI is InChI=1S/C28H25N/c1-22-8-12-24(13-9-22)14-15-25-16-20-28(21-17-25)29(26-6-4-3-5-7-26)27-18-10-23(2)11-19-27/h3-21H,1-2H3. The molecule has 0 radical (unpaired) electrons. The minimum Gasteiger partial charge on any atom is -0.311 e. The summed E-state index contributed by atoms with van der Waals surface area (Å²) < 4.78 is 0. The van der Waals surface area contributed by atoms with Gasteiger partial charge in [0.1, 0.15) is 0 Å². The lowest BCUT2D eigenvalue weighted by Crippen LogP contribution is -2.09. The fourth-order valence-corrected chi connectivity index (χ4v) is 3.32. The molecule has 0 spiro atoms. The molecule has 0 aliphatic carbocycles. The molecule has 4 aromatic carbocycles. The van der Waals surface area contributed by atoms with Gasteiger partial charge >= 0.3 is 0 Å². The fraction of sp³-hybridized carbons (Fsp3) is 0.0714. The zero-order valence-corrected chi connectivity index (χ0v) is 16.9. The lowest BCUT2D eigenvalue weighted by molar-refractivity contribution is 1.27. The van der Waals surface area contributed by atoms with Crippen molar-refractivity contribution in [1.29, 1.82) is 0 Å². The second kappa shape index (κ2) is 8.62. The van der Waals surface area contributed by atoms with Crippen molar-refractivity contribution < 1.29 is 0 Å². The molecule has 1 nitrogen and oxygen atoms in total. The van der Waals surface area contributed by atoms with Crippen LogP contribution in [0.5, 0.6) is 0 Å². The van der Waals surface area contributed by atoms with Gasteiger partial charge in [-0.1, -0.05) is 90.0 Å². The second-order valence-electron chi connectivity index (χ2n) is 7.34. The summed E-state index contributed by atoms with van der Waals surface area (Å²) in [5, 5.41) is 0. The van der Waals surface area contributed by atoms with Crippen LogP contribution >= 0.6 is 0 Å². The van der Waals surface area contributed by atoms with E-state index in [4.69, 9.17) is 0 Å². The molecule has 4 aromatic rings. The summed E-state index contributed by atoms with van der Waals surface area (Å²) in [6, 6.07) is 36.4. The van der Waals surface area contributed by atoms with Gasteiger partial charge in [-0.25, -0.2) is 0 Å². The van der Waals surface area contributed by atoms with Crippen LogP contribution in [-0.2, 0) is 0 Å². The van der Waals surface area contributed by atoms with E-state index in [9.17, 15) is 0 Å². The van der Waals surface area contributed by atoms with E-state index in [1.54, 1.807) is 0 Å². The molecule has 4 rings (SSSR count). The lowest BCUT2D eigenvalue weighted by Gasteiger charge is -2.25. The fourth-order valence-electron chi connectivity index (χ4n) is 3.32. The Kier molecular flexibility index (Phi) is 5.58. The molecule has 0 unspecified atom stereocenters. The summed E-state index contributed by atoms with van der Waals surface area (Å²) >= 11 is 0. The van der Waals surface area contributed by atoms with Crippen LogP contribution in [0.25, 0.3) is 12.2 Å². The first-order chi connectivity index (χ1) is 14.2. The number of anilines is 3. The highest BCUT2D eigenvalue weighted by Gasteiger charge is 2.11. The predicted molar refractivity (Wildman–Crippen MR) is 126 cm³/mol. The quantitative estimate of drug-likeness (QED) is 0.320. The summed E-state index contributed by atoms with van der Waals surface area (Å²) in [6.45, 7) is 4.23. The number of hydrogen-bond donors (Lipinski definition) is 0. The van der Waals surface area contributed by atoms with Crippen molar-refractivity contribution in [2.75, 3.05) is 4.90 Å². The average Bonchev–Trinajstić information content (AvgIpc) is 2.77. The zero-order chi connectivity index (χ0) is 20.1. The van der Waals surface area contributed by atoms with Crippen molar-refractivity contribution in [3.05, 3.63) is 125 Å². The van der Waals surface area contributed by atoms with Crippen LogP contribution in [0.4, 0.5) is 17.1 Å². The largest absolute Gasteiger partial charge is 0.311 e. The number of para-hydroxylation sites is 1. The van der Waals surface area contributed by atoms with E-state index in [0.717, 1.165) is 17.1 Å². The molecule has 0 amide bonds. The van der Waals surface area contributed by atoms with E-state index in [-0.39, 0.29) is 0 Å². The van der Waals surface area contributed by atoms with Gasteiger partial charge in [0.2, 0.25) is 0 Å². The second-order valence-corrected chi connectivity index (χ2v) is 7.34. The maximum Gasteiger partial charge on any atom is 0.0462 e. The first-order valence-corrected chi connectivity index (χ1v) is 9.96. The SMILES string of the molecule is Cc1ccc(C=Cc2ccc(N(c3ccccc3)c3ccc(C)cc3)cc2)cc1. The molecule has 0 aliphatic heterocycles. The Morgan fingerprint density at radius 2 is 0.828 bits per heavy atom. The maximum absolute atomic E-state index is 2.28. The molecule has 0 N–H and O–H groups in total. The molecular formula is C28H25N. The highest BCUT2D eigenvalue weighted by Crippen LogP contribution is 2.34. The summed E-state index contributed by atoms with van der Waals surface area (Å²) in [7, 11) is 0. The molecule has 0 saturated heterocycles. The Labute approximate surface area is 173 Å². The summed E-state index contributed by atoms with van der Waals surface area (Å²) in [5.41, 5.74) is 8.40. The smallest absolute Gasteiger partial charge is 0.0462 e. The highest BCUT2D eigenvalue weighted by atomic mass is 15.1. The molecule has 142 valence electrons. The Bertz CT molecular complexity index is 1070. The molecule has 0 atom stereocenters. The predicted octanol–water partition coefficient (Wildman–Crippen LogP) is 7.94. The molecule has 29 heavy (non-hydrogen) atoms. The van der Waals surface area contributed by atoms with Crippen LogP contribution in [0, 0.1) is 13.8 Å². The van der Waals surface area contributed by atoms with Crippen molar-refractivity contribution in [3.8, 4) is 0 Å². The highest BCUT2D eigenvalue weighted by molar-refractivity contribution is 5.78. The topological polar surface area (TPSA) is 3.24 Å². The molecule has 0 aromatic heterocycles. The Balaban J connectivity index is 1.63. The van der Waals surface area contributed by atoms with Crippen molar-refractivity contribution in [2.24, 2.45) is 0 Å². The van der Waals surface area contributed by atoms with Crippen LogP contribution in [-0.4, -0.2) is 0 Å². The van der Waals surface area contributed by atoms with Crippen LogP contribution in [0.15, 0.2) is 103 Å². The van der Waals surface area contributed by atoms with Crippen LogP contribution in [0.1, 0.15) is 22.3 Å². The maximum atomic E-state index is 2.28. The van der Waals surface area contributed by atoms with Gasteiger partial charge in [0, 0.05) is 17.1 Å². The molecule has 0 bridgehead atoms. The molecule has 0 heterocycles. The Morgan fingerprint density at radius 3 is 1.34 bits per heavy atom. The van der Waals surface area contributed by atoms with Gasteiger partial charge in [-0.3, -0.25) is 0 Å². The minimum atomic E-state index is 1.15.